The average Bonchev–Trinajstić information content (AvgIpc) is 3.28. The van der Waals surface area contributed by atoms with E-state index in [4.69, 9.17) is 0 Å². The molecule has 23 heavy (non-hydrogen) atoms. The van der Waals surface area contributed by atoms with Crippen molar-refractivity contribution in [3.05, 3.63) is 35.2 Å². The van der Waals surface area contributed by atoms with E-state index in [-0.39, 0.29) is 0 Å². The van der Waals surface area contributed by atoms with Crippen LogP contribution in [0, 0.1) is 0 Å². The maximum atomic E-state index is 4.55. The van der Waals surface area contributed by atoms with Gasteiger partial charge in [0.15, 0.2) is 0 Å². The van der Waals surface area contributed by atoms with Crippen molar-refractivity contribution in [1.82, 2.24) is 14.8 Å². The highest BCUT2D eigenvalue weighted by atomic mass is 15.3. The Labute approximate surface area is 138 Å². The van der Waals surface area contributed by atoms with Gasteiger partial charge in [0.25, 0.3) is 0 Å². The smallest absolute Gasteiger partial charge is 0.138 e. The molecule has 4 heteroatoms. The van der Waals surface area contributed by atoms with Crippen LogP contribution in [0.1, 0.15) is 44.9 Å². The van der Waals surface area contributed by atoms with Gasteiger partial charge in [0.05, 0.1) is 0 Å². The van der Waals surface area contributed by atoms with Crippen molar-refractivity contribution in [3.8, 4) is 0 Å². The molecule has 2 fully saturated rings. The van der Waals surface area contributed by atoms with Crippen LogP contribution in [-0.2, 0) is 0 Å². The van der Waals surface area contributed by atoms with E-state index in [1.54, 1.807) is 0 Å². The number of H-pyrrole nitrogens is 1. The summed E-state index contributed by atoms with van der Waals surface area (Å²) in [7, 11) is 2.35. The van der Waals surface area contributed by atoms with E-state index in [2.05, 4.69) is 39.0 Å². The predicted molar refractivity (Wildman–Crippen MR) is 93.4 cm³/mol. The lowest BCUT2D eigenvalue weighted by Crippen LogP contribution is -2.41. The van der Waals surface area contributed by atoms with E-state index in [1.807, 2.05) is 12.4 Å². The number of aromatic nitrogens is 1. The van der Waals surface area contributed by atoms with Gasteiger partial charge in [0.2, 0.25) is 0 Å². The summed E-state index contributed by atoms with van der Waals surface area (Å²) in [6.45, 7) is 2.36. The van der Waals surface area contributed by atoms with Crippen LogP contribution >= 0.6 is 0 Å². The van der Waals surface area contributed by atoms with E-state index in [1.165, 1.54) is 56.1 Å². The molecule has 0 aromatic carbocycles. The number of likely N-dealkylation sites (tertiary alicyclic amines) is 1. The molecular weight excluding hydrogens is 284 g/mol. The molecule has 0 radical (unpaired) electrons. The monoisotopic (exact) mass is 312 g/mol. The lowest BCUT2D eigenvalue weighted by Gasteiger charge is -2.31. The average molecular weight is 312 g/mol. The highest BCUT2D eigenvalue weighted by Crippen LogP contribution is 2.28. The summed E-state index contributed by atoms with van der Waals surface area (Å²) in [5, 5.41) is 1.30. The normalized spacial score (nSPS) is 25.6. The second-order valence-corrected chi connectivity index (χ2v) is 7.23. The van der Waals surface area contributed by atoms with E-state index in [0.29, 0.717) is 6.04 Å². The van der Waals surface area contributed by atoms with E-state index in [9.17, 15) is 0 Å². The van der Waals surface area contributed by atoms with E-state index < -0.39 is 0 Å². The van der Waals surface area contributed by atoms with Gasteiger partial charge in [-0.2, -0.15) is 0 Å². The fourth-order valence-electron chi connectivity index (χ4n) is 4.51. The van der Waals surface area contributed by atoms with Gasteiger partial charge in [-0.3, -0.25) is 4.90 Å². The highest BCUT2D eigenvalue weighted by Gasteiger charge is 2.31. The van der Waals surface area contributed by atoms with Crippen molar-refractivity contribution in [3.63, 3.8) is 0 Å². The molecule has 1 saturated carbocycles. The number of aromatic amines is 1. The molecule has 1 atom stereocenters. The third-order valence-corrected chi connectivity index (χ3v) is 5.91. The second kappa shape index (κ2) is 6.52. The zero-order valence-electron chi connectivity index (χ0n) is 14.2. The minimum absolute atomic E-state index is 0.714. The Hall–Kier alpha value is -1.55. The molecule has 1 unspecified atom stereocenters. The number of hydrogen-bond donors (Lipinski definition) is 1. The van der Waals surface area contributed by atoms with Crippen LogP contribution in [0.15, 0.2) is 29.5 Å². The molecular formula is C19H28N4. The number of allylic oxidation sites excluding steroid dienone is 1. The van der Waals surface area contributed by atoms with Crippen LogP contribution in [0.3, 0.4) is 0 Å². The fourth-order valence-corrected chi connectivity index (χ4v) is 4.51. The first-order valence-electron chi connectivity index (χ1n) is 9.19. The molecule has 4 nitrogen and oxygen atoms in total. The molecule has 1 saturated heterocycles. The Bertz CT molecular complexity index is 680. The van der Waals surface area contributed by atoms with Gasteiger partial charge in [0, 0.05) is 48.5 Å². The minimum atomic E-state index is 0.714. The zero-order chi connectivity index (χ0) is 15.6. The van der Waals surface area contributed by atoms with Gasteiger partial charge in [-0.1, -0.05) is 18.9 Å². The fraction of sp³-hybridized carbons (Fsp3) is 0.632. The van der Waals surface area contributed by atoms with Crippen LogP contribution in [0.4, 0.5) is 0 Å². The van der Waals surface area contributed by atoms with Crippen molar-refractivity contribution >= 4 is 5.70 Å². The van der Waals surface area contributed by atoms with Crippen molar-refractivity contribution < 1.29 is 0 Å². The number of likely N-dealkylation sites (N-methyl/N-ethyl adjacent to an activating group) is 1. The van der Waals surface area contributed by atoms with Crippen LogP contribution in [0.2, 0.25) is 0 Å². The van der Waals surface area contributed by atoms with Crippen LogP contribution in [0.25, 0.3) is 5.70 Å². The topological polar surface area (TPSA) is 34.6 Å². The molecule has 4 rings (SSSR count). The molecule has 3 aliphatic rings. The quantitative estimate of drug-likeness (QED) is 0.926. The molecule has 1 aromatic rings. The number of nitrogens with zero attached hydrogens (tertiary/aromatic N) is 3. The highest BCUT2D eigenvalue weighted by molar-refractivity contribution is 5.43. The SMILES string of the molecule is CN(C1CCCC1)C1CCN(C2=c3cc[nH]c3=NC=CCC2)C1. The van der Waals surface area contributed by atoms with Gasteiger partial charge in [-0.25, -0.2) is 4.99 Å². The van der Waals surface area contributed by atoms with Gasteiger partial charge in [-0.05, 0) is 45.2 Å². The van der Waals surface area contributed by atoms with Gasteiger partial charge in [0.1, 0.15) is 5.49 Å². The summed E-state index contributed by atoms with van der Waals surface area (Å²) in [5.74, 6) is 0. The first-order valence-corrected chi connectivity index (χ1v) is 9.19. The summed E-state index contributed by atoms with van der Waals surface area (Å²) in [6.07, 6.45) is 15.3. The summed E-state index contributed by atoms with van der Waals surface area (Å²) in [5.41, 5.74) is 2.50. The second-order valence-electron chi connectivity index (χ2n) is 7.23. The molecule has 0 bridgehead atoms. The number of nitrogens with one attached hydrogen (secondary N) is 1. The molecule has 0 amide bonds. The van der Waals surface area contributed by atoms with Gasteiger partial charge in [-0.15, -0.1) is 0 Å². The van der Waals surface area contributed by atoms with Crippen molar-refractivity contribution in [2.75, 3.05) is 20.1 Å². The lowest BCUT2D eigenvalue weighted by molar-refractivity contribution is 0.179. The molecule has 124 valence electrons. The van der Waals surface area contributed by atoms with Gasteiger partial charge < -0.3 is 9.88 Å². The number of fused-ring (bicyclic) bond motifs is 1. The van der Waals surface area contributed by atoms with Crippen molar-refractivity contribution in [2.24, 2.45) is 4.99 Å². The lowest BCUT2D eigenvalue weighted by atomic mass is 10.1. The summed E-state index contributed by atoms with van der Waals surface area (Å²) in [6, 6.07) is 3.73. The molecule has 1 N–H and O–H groups in total. The maximum absolute atomic E-state index is 4.55. The predicted octanol–water partition coefficient (Wildman–Crippen LogP) is 2.00. The summed E-state index contributed by atoms with van der Waals surface area (Å²) < 4.78 is 0. The zero-order valence-corrected chi connectivity index (χ0v) is 14.2. The Kier molecular flexibility index (Phi) is 4.25. The van der Waals surface area contributed by atoms with Crippen LogP contribution in [-0.4, -0.2) is 47.0 Å². The molecule has 2 aliphatic heterocycles. The Balaban J connectivity index is 1.56. The minimum Gasteiger partial charge on any atom is -0.373 e. The number of rotatable bonds is 3. The van der Waals surface area contributed by atoms with Crippen LogP contribution < -0.4 is 10.7 Å². The van der Waals surface area contributed by atoms with Crippen molar-refractivity contribution in [2.45, 2.75) is 57.0 Å². The van der Waals surface area contributed by atoms with Crippen molar-refractivity contribution in [1.29, 1.82) is 0 Å². The van der Waals surface area contributed by atoms with Gasteiger partial charge >= 0.3 is 0 Å². The standard InChI is InChI=1S/C19H28N4/c1-22(15-6-2-3-7-15)16-10-13-23(14-16)18-8-4-5-11-20-19-17(18)9-12-21-19/h5,9,11-12,15-16H,2-4,6-8,10,13-14H2,1H3,(H,20,21). The first-order chi connectivity index (χ1) is 11.3. The molecule has 3 heterocycles. The first kappa shape index (κ1) is 15.0. The number of hydrogen-bond acceptors (Lipinski definition) is 3. The third kappa shape index (κ3) is 2.97. The summed E-state index contributed by atoms with van der Waals surface area (Å²) >= 11 is 0. The maximum Gasteiger partial charge on any atom is 0.138 e. The van der Waals surface area contributed by atoms with E-state index >= 15 is 0 Å². The Morgan fingerprint density at radius 2 is 2.09 bits per heavy atom. The van der Waals surface area contributed by atoms with E-state index in [0.717, 1.165) is 24.4 Å². The largest absolute Gasteiger partial charge is 0.373 e. The third-order valence-electron chi connectivity index (χ3n) is 5.91. The molecule has 1 aromatic heterocycles. The molecule has 1 aliphatic carbocycles. The summed E-state index contributed by atoms with van der Waals surface area (Å²) in [4.78, 5) is 13.1. The Morgan fingerprint density at radius 3 is 2.96 bits per heavy atom. The van der Waals surface area contributed by atoms with Crippen LogP contribution in [0.5, 0.6) is 0 Å². The Morgan fingerprint density at radius 1 is 1.22 bits per heavy atom. The molecule has 0 spiro atoms.